The summed E-state index contributed by atoms with van der Waals surface area (Å²) in [6.45, 7) is 0. The van der Waals surface area contributed by atoms with Gasteiger partial charge in [-0.25, -0.2) is 9.37 Å². The van der Waals surface area contributed by atoms with Gasteiger partial charge >= 0.3 is 0 Å². The van der Waals surface area contributed by atoms with Gasteiger partial charge in [0.15, 0.2) is 0 Å². The number of aromatic nitrogens is 3. The number of nitrogens with zero attached hydrogens (tertiary/aromatic N) is 3. The minimum absolute atomic E-state index is 0.0881. The summed E-state index contributed by atoms with van der Waals surface area (Å²) in [5.41, 5.74) is 14.4. The number of anilines is 2. The van der Waals surface area contributed by atoms with Crippen molar-refractivity contribution < 1.29 is 4.39 Å². The quantitative estimate of drug-likeness (QED) is 0.753. The Morgan fingerprint density at radius 3 is 2.14 bits per heavy atom. The topological polar surface area (TPSA) is 90.7 Å². The summed E-state index contributed by atoms with van der Waals surface area (Å²) in [4.78, 5) is 12.2. The van der Waals surface area contributed by atoms with E-state index in [-0.39, 0.29) is 17.6 Å². The first-order chi connectivity index (χ1) is 10.1. The monoisotopic (exact) mass is 281 g/mol. The summed E-state index contributed by atoms with van der Waals surface area (Å²) in [5, 5.41) is 0. The summed E-state index contributed by atoms with van der Waals surface area (Å²) < 4.78 is 13.1. The molecule has 2 aromatic heterocycles. The highest BCUT2D eigenvalue weighted by molar-refractivity contribution is 5.87. The molecule has 0 spiro atoms. The maximum atomic E-state index is 13.1. The number of hydrogen-bond donors (Lipinski definition) is 2. The average Bonchev–Trinajstić information content (AvgIpc) is 2.49. The molecule has 0 radical (unpaired) electrons. The van der Waals surface area contributed by atoms with Crippen molar-refractivity contribution in [3.05, 3.63) is 54.6 Å². The Labute approximate surface area is 120 Å². The van der Waals surface area contributed by atoms with Gasteiger partial charge in [0.2, 0.25) is 5.95 Å². The molecule has 3 rings (SSSR count). The fourth-order valence-electron chi connectivity index (χ4n) is 2.12. The first-order valence-corrected chi connectivity index (χ1v) is 6.24. The highest BCUT2D eigenvalue weighted by Gasteiger charge is 2.15. The zero-order valence-corrected chi connectivity index (χ0v) is 11.0. The molecule has 0 aliphatic rings. The summed E-state index contributed by atoms with van der Waals surface area (Å²) in [6.07, 6.45) is 3.30. The molecule has 6 heteroatoms. The molecule has 0 amide bonds. The number of pyridine rings is 1. The highest BCUT2D eigenvalue weighted by Crippen LogP contribution is 2.34. The molecule has 0 fully saturated rings. The van der Waals surface area contributed by atoms with Crippen molar-refractivity contribution in [1.82, 2.24) is 15.0 Å². The van der Waals surface area contributed by atoms with Gasteiger partial charge in [0.1, 0.15) is 11.6 Å². The number of nitrogen functional groups attached to an aromatic ring is 2. The summed E-state index contributed by atoms with van der Waals surface area (Å²) in [6, 6.07) is 9.59. The lowest BCUT2D eigenvalue weighted by molar-refractivity contribution is 0.628. The van der Waals surface area contributed by atoms with E-state index in [0.29, 0.717) is 11.3 Å². The lowest BCUT2D eigenvalue weighted by atomic mass is 10.0. The van der Waals surface area contributed by atoms with Crippen LogP contribution in [0, 0.1) is 5.82 Å². The third kappa shape index (κ3) is 2.51. The molecular weight excluding hydrogens is 269 g/mol. The fraction of sp³-hybridized carbons (Fsp3) is 0. The molecule has 104 valence electrons. The third-order valence-electron chi connectivity index (χ3n) is 3.04. The van der Waals surface area contributed by atoms with E-state index in [1.165, 1.54) is 12.1 Å². The fourth-order valence-corrected chi connectivity index (χ4v) is 2.12. The zero-order valence-electron chi connectivity index (χ0n) is 11.0. The van der Waals surface area contributed by atoms with Crippen LogP contribution in [0.2, 0.25) is 0 Å². The summed E-state index contributed by atoms with van der Waals surface area (Å²) in [7, 11) is 0. The van der Waals surface area contributed by atoms with Crippen molar-refractivity contribution in [3.8, 4) is 22.4 Å². The first kappa shape index (κ1) is 13.0. The summed E-state index contributed by atoms with van der Waals surface area (Å²) >= 11 is 0. The van der Waals surface area contributed by atoms with Crippen LogP contribution in [0.5, 0.6) is 0 Å². The van der Waals surface area contributed by atoms with Crippen molar-refractivity contribution >= 4 is 11.8 Å². The second kappa shape index (κ2) is 5.16. The molecule has 0 aliphatic carbocycles. The predicted octanol–water partition coefficient (Wildman–Crippen LogP) is 2.51. The first-order valence-electron chi connectivity index (χ1n) is 6.24. The van der Waals surface area contributed by atoms with Crippen LogP contribution in [0.1, 0.15) is 0 Å². The molecule has 21 heavy (non-hydrogen) atoms. The molecular formula is C15H12FN5. The largest absolute Gasteiger partial charge is 0.383 e. The molecule has 0 unspecified atom stereocenters. The lowest BCUT2D eigenvalue weighted by Gasteiger charge is -2.12. The standard InChI is InChI=1S/C15H12FN5/c16-11-3-1-9(2-4-11)12-13(10-5-7-19-8-6-10)20-15(18)21-14(12)17/h1-8H,(H4,17,18,20,21). The van der Waals surface area contributed by atoms with E-state index in [4.69, 9.17) is 11.5 Å². The van der Waals surface area contributed by atoms with Crippen LogP contribution in [-0.4, -0.2) is 15.0 Å². The van der Waals surface area contributed by atoms with E-state index in [2.05, 4.69) is 15.0 Å². The molecule has 2 heterocycles. The minimum Gasteiger partial charge on any atom is -0.383 e. The summed E-state index contributed by atoms with van der Waals surface area (Å²) in [5.74, 6) is 0.0187. The van der Waals surface area contributed by atoms with Gasteiger partial charge in [-0.3, -0.25) is 4.98 Å². The molecule has 4 N–H and O–H groups in total. The van der Waals surface area contributed by atoms with Gasteiger partial charge in [-0.15, -0.1) is 0 Å². The molecule has 0 atom stereocenters. The Morgan fingerprint density at radius 2 is 1.48 bits per heavy atom. The second-order valence-corrected chi connectivity index (χ2v) is 4.43. The number of nitrogens with two attached hydrogens (primary N) is 2. The van der Waals surface area contributed by atoms with Gasteiger partial charge < -0.3 is 11.5 Å². The van der Waals surface area contributed by atoms with E-state index in [1.54, 1.807) is 36.7 Å². The van der Waals surface area contributed by atoms with Crippen LogP contribution in [-0.2, 0) is 0 Å². The number of rotatable bonds is 2. The minimum atomic E-state index is -0.320. The van der Waals surface area contributed by atoms with Crippen LogP contribution in [0.25, 0.3) is 22.4 Å². The van der Waals surface area contributed by atoms with Gasteiger partial charge in [0.05, 0.1) is 11.3 Å². The van der Waals surface area contributed by atoms with E-state index >= 15 is 0 Å². The van der Waals surface area contributed by atoms with E-state index in [9.17, 15) is 4.39 Å². The predicted molar refractivity (Wildman–Crippen MR) is 79.5 cm³/mol. The molecule has 0 saturated heterocycles. The second-order valence-electron chi connectivity index (χ2n) is 4.43. The van der Waals surface area contributed by atoms with Crippen LogP contribution in [0.15, 0.2) is 48.8 Å². The van der Waals surface area contributed by atoms with Crippen LogP contribution >= 0.6 is 0 Å². The Bertz CT molecular complexity index is 772. The van der Waals surface area contributed by atoms with Crippen molar-refractivity contribution in [1.29, 1.82) is 0 Å². The lowest BCUT2D eigenvalue weighted by Crippen LogP contribution is -2.04. The van der Waals surface area contributed by atoms with Gasteiger partial charge in [-0.1, -0.05) is 12.1 Å². The van der Waals surface area contributed by atoms with Crippen molar-refractivity contribution in [3.63, 3.8) is 0 Å². The molecule has 0 aliphatic heterocycles. The van der Waals surface area contributed by atoms with Crippen LogP contribution < -0.4 is 11.5 Å². The Kier molecular flexibility index (Phi) is 3.19. The molecule has 0 bridgehead atoms. The molecule has 3 aromatic rings. The number of benzene rings is 1. The number of halogens is 1. The van der Waals surface area contributed by atoms with E-state index < -0.39 is 0 Å². The maximum Gasteiger partial charge on any atom is 0.222 e. The SMILES string of the molecule is Nc1nc(N)c(-c2ccc(F)cc2)c(-c2ccncc2)n1. The highest BCUT2D eigenvalue weighted by atomic mass is 19.1. The van der Waals surface area contributed by atoms with Crippen LogP contribution in [0.4, 0.5) is 16.2 Å². The maximum absolute atomic E-state index is 13.1. The van der Waals surface area contributed by atoms with Crippen molar-refractivity contribution in [2.75, 3.05) is 11.5 Å². The Morgan fingerprint density at radius 1 is 0.810 bits per heavy atom. The van der Waals surface area contributed by atoms with Crippen molar-refractivity contribution in [2.45, 2.75) is 0 Å². The van der Waals surface area contributed by atoms with Gasteiger partial charge in [-0.2, -0.15) is 4.98 Å². The van der Waals surface area contributed by atoms with Gasteiger partial charge in [-0.05, 0) is 29.8 Å². The van der Waals surface area contributed by atoms with E-state index in [1.807, 2.05) is 0 Å². The zero-order chi connectivity index (χ0) is 14.8. The van der Waals surface area contributed by atoms with Gasteiger partial charge in [0.25, 0.3) is 0 Å². The van der Waals surface area contributed by atoms with Gasteiger partial charge in [0, 0.05) is 18.0 Å². The van der Waals surface area contributed by atoms with E-state index in [0.717, 1.165) is 11.1 Å². The Hall–Kier alpha value is -3.02. The number of hydrogen-bond acceptors (Lipinski definition) is 5. The Balaban J connectivity index is 2.26. The normalized spacial score (nSPS) is 10.5. The molecule has 0 saturated carbocycles. The molecule has 5 nitrogen and oxygen atoms in total. The smallest absolute Gasteiger partial charge is 0.222 e. The molecule has 1 aromatic carbocycles. The average molecular weight is 281 g/mol. The van der Waals surface area contributed by atoms with Crippen LogP contribution in [0.3, 0.4) is 0 Å². The third-order valence-corrected chi connectivity index (χ3v) is 3.04. The van der Waals surface area contributed by atoms with Crippen molar-refractivity contribution in [2.24, 2.45) is 0 Å².